The average molecular weight is 297 g/mol. The molecule has 0 atom stereocenters. The topological polar surface area (TPSA) is 84.2 Å². The first-order valence-corrected chi connectivity index (χ1v) is 8.62. The van der Waals surface area contributed by atoms with Crippen molar-refractivity contribution in [1.29, 1.82) is 0 Å². The van der Waals surface area contributed by atoms with Gasteiger partial charge in [0.25, 0.3) is 0 Å². The largest absolute Gasteiger partial charge is 0.381 e. The molecule has 0 saturated heterocycles. The molecule has 1 aliphatic rings. The number of rotatable bonds is 5. The zero-order chi connectivity index (χ0) is 14.6. The number of benzene rings is 1. The maximum absolute atomic E-state index is 12.2. The van der Waals surface area contributed by atoms with Gasteiger partial charge in [-0.25, -0.2) is 13.1 Å². The van der Waals surface area contributed by atoms with E-state index in [1.807, 2.05) is 12.1 Å². The van der Waals surface area contributed by atoms with Gasteiger partial charge in [-0.2, -0.15) is 0 Å². The molecular weight excluding hydrogens is 274 g/mol. The molecule has 4 N–H and O–H groups in total. The molecular formula is C14H23N3O2S. The number of para-hydroxylation sites is 1. The van der Waals surface area contributed by atoms with Gasteiger partial charge in [-0.1, -0.05) is 19.1 Å². The van der Waals surface area contributed by atoms with Crippen molar-refractivity contribution in [2.75, 3.05) is 11.9 Å². The van der Waals surface area contributed by atoms with Gasteiger partial charge in [0, 0.05) is 18.6 Å². The lowest BCUT2D eigenvalue weighted by Gasteiger charge is -2.28. The van der Waals surface area contributed by atoms with Crippen LogP contribution >= 0.6 is 0 Å². The Bertz CT molecular complexity index is 537. The Hall–Kier alpha value is -1.11. The molecule has 0 bridgehead atoms. The third kappa shape index (κ3) is 3.71. The Morgan fingerprint density at radius 3 is 2.50 bits per heavy atom. The lowest BCUT2D eigenvalue weighted by Crippen LogP contribution is -2.33. The van der Waals surface area contributed by atoms with E-state index >= 15 is 0 Å². The summed E-state index contributed by atoms with van der Waals surface area (Å²) in [6.45, 7) is 2.16. The molecule has 0 amide bonds. The third-order valence-electron chi connectivity index (χ3n) is 3.64. The third-order valence-corrected chi connectivity index (χ3v) is 5.25. The van der Waals surface area contributed by atoms with Gasteiger partial charge in [-0.05, 0) is 37.8 Å². The van der Waals surface area contributed by atoms with Crippen LogP contribution in [0.15, 0.2) is 29.2 Å². The molecule has 1 fully saturated rings. The molecule has 5 nitrogen and oxygen atoms in total. The highest BCUT2D eigenvalue weighted by Crippen LogP contribution is 2.25. The molecule has 112 valence electrons. The smallest absolute Gasteiger partial charge is 0.242 e. The minimum atomic E-state index is -3.44. The first-order valence-electron chi connectivity index (χ1n) is 7.13. The normalized spacial score (nSPS) is 23.5. The summed E-state index contributed by atoms with van der Waals surface area (Å²) in [5.74, 6) is 0. The van der Waals surface area contributed by atoms with E-state index in [9.17, 15) is 8.42 Å². The minimum absolute atomic E-state index is 0.286. The van der Waals surface area contributed by atoms with Gasteiger partial charge in [0.15, 0.2) is 0 Å². The van der Waals surface area contributed by atoms with Crippen LogP contribution in [0, 0.1) is 0 Å². The molecule has 1 aromatic rings. The van der Waals surface area contributed by atoms with E-state index in [2.05, 4.69) is 10.0 Å². The van der Waals surface area contributed by atoms with Crippen molar-refractivity contribution < 1.29 is 8.42 Å². The quantitative estimate of drug-likeness (QED) is 0.772. The molecule has 2 rings (SSSR count). The molecule has 0 aromatic heterocycles. The van der Waals surface area contributed by atoms with E-state index in [-0.39, 0.29) is 6.04 Å². The number of hydrogen-bond acceptors (Lipinski definition) is 4. The van der Waals surface area contributed by atoms with Crippen LogP contribution in [0.1, 0.15) is 32.6 Å². The van der Waals surface area contributed by atoms with Gasteiger partial charge in [-0.15, -0.1) is 0 Å². The van der Waals surface area contributed by atoms with Crippen molar-refractivity contribution in [3.8, 4) is 0 Å². The van der Waals surface area contributed by atoms with Crippen molar-refractivity contribution in [3.63, 3.8) is 0 Å². The molecule has 1 aliphatic carbocycles. The van der Waals surface area contributed by atoms with Crippen molar-refractivity contribution in [2.24, 2.45) is 5.73 Å². The fraction of sp³-hybridized carbons (Fsp3) is 0.571. The van der Waals surface area contributed by atoms with Crippen LogP contribution in [0.4, 0.5) is 5.69 Å². The summed E-state index contributed by atoms with van der Waals surface area (Å²) in [6.07, 6.45) is 3.94. The second kappa shape index (κ2) is 6.56. The highest BCUT2D eigenvalue weighted by atomic mass is 32.2. The van der Waals surface area contributed by atoms with E-state index < -0.39 is 10.0 Å². The first-order chi connectivity index (χ1) is 9.53. The zero-order valence-electron chi connectivity index (χ0n) is 11.8. The van der Waals surface area contributed by atoms with Crippen molar-refractivity contribution in [3.05, 3.63) is 24.3 Å². The lowest BCUT2D eigenvalue weighted by atomic mass is 9.92. The Morgan fingerprint density at radius 2 is 1.85 bits per heavy atom. The van der Waals surface area contributed by atoms with E-state index in [1.54, 1.807) is 19.1 Å². The predicted molar refractivity (Wildman–Crippen MR) is 81.2 cm³/mol. The molecule has 0 heterocycles. The second-order valence-electron chi connectivity index (χ2n) is 5.25. The second-order valence-corrected chi connectivity index (χ2v) is 6.99. The van der Waals surface area contributed by atoms with Gasteiger partial charge in [-0.3, -0.25) is 0 Å². The summed E-state index contributed by atoms with van der Waals surface area (Å²) < 4.78 is 26.9. The standard InChI is InChI=1S/C14H23N3O2S/c1-2-16-20(18,19)14-6-4-3-5-13(14)17-12-9-7-11(15)8-10-12/h3-6,11-12,16-17H,2,7-10,15H2,1H3. The number of hydrogen-bond donors (Lipinski definition) is 3. The number of anilines is 1. The number of nitrogens with two attached hydrogens (primary N) is 1. The average Bonchev–Trinajstić information content (AvgIpc) is 2.42. The van der Waals surface area contributed by atoms with Crippen LogP contribution in [0.3, 0.4) is 0 Å². The molecule has 6 heteroatoms. The summed E-state index contributed by atoms with van der Waals surface area (Å²) >= 11 is 0. The molecule has 20 heavy (non-hydrogen) atoms. The van der Waals surface area contributed by atoms with Gasteiger partial charge in [0.2, 0.25) is 10.0 Å². The van der Waals surface area contributed by atoms with E-state index in [1.165, 1.54) is 0 Å². The molecule has 0 unspecified atom stereocenters. The molecule has 1 aromatic carbocycles. The maximum Gasteiger partial charge on any atom is 0.242 e. The van der Waals surface area contributed by atoms with E-state index in [0.717, 1.165) is 25.7 Å². The molecule has 0 spiro atoms. The SMILES string of the molecule is CCNS(=O)(=O)c1ccccc1NC1CCC(N)CC1. The summed E-state index contributed by atoms with van der Waals surface area (Å²) in [5, 5.41) is 3.36. The highest BCUT2D eigenvalue weighted by molar-refractivity contribution is 7.89. The van der Waals surface area contributed by atoms with Gasteiger partial charge < -0.3 is 11.1 Å². The van der Waals surface area contributed by atoms with Crippen LogP contribution in [-0.4, -0.2) is 27.0 Å². The fourth-order valence-electron chi connectivity index (χ4n) is 2.57. The Morgan fingerprint density at radius 1 is 1.20 bits per heavy atom. The Balaban J connectivity index is 2.16. The number of sulfonamides is 1. The van der Waals surface area contributed by atoms with Crippen molar-refractivity contribution >= 4 is 15.7 Å². The Kier molecular flexibility index (Phi) is 5.01. The van der Waals surface area contributed by atoms with Crippen LogP contribution in [0.25, 0.3) is 0 Å². The summed E-state index contributed by atoms with van der Waals surface area (Å²) in [5.41, 5.74) is 6.57. The molecule has 0 radical (unpaired) electrons. The summed E-state index contributed by atoms with van der Waals surface area (Å²) in [7, 11) is -3.44. The van der Waals surface area contributed by atoms with Crippen LogP contribution in [0.2, 0.25) is 0 Å². The van der Waals surface area contributed by atoms with Gasteiger partial charge in [0.05, 0.1) is 5.69 Å². The van der Waals surface area contributed by atoms with E-state index in [4.69, 9.17) is 5.73 Å². The first kappa shape index (κ1) is 15.3. The minimum Gasteiger partial charge on any atom is -0.381 e. The van der Waals surface area contributed by atoms with Crippen LogP contribution in [-0.2, 0) is 10.0 Å². The van der Waals surface area contributed by atoms with Crippen molar-refractivity contribution in [2.45, 2.75) is 49.6 Å². The lowest BCUT2D eigenvalue weighted by molar-refractivity contribution is 0.410. The summed E-state index contributed by atoms with van der Waals surface area (Å²) in [4.78, 5) is 0.316. The predicted octanol–water partition coefficient (Wildman–Crippen LogP) is 1.67. The van der Waals surface area contributed by atoms with Crippen LogP contribution < -0.4 is 15.8 Å². The van der Waals surface area contributed by atoms with Crippen molar-refractivity contribution in [1.82, 2.24) is 4.72 Å². The van der Waals surface area contributed by atoms with Crippen LogP contribution in [0.5, 0.6) is 0 Å². The number of nitrogens with one attached hydrogen (secondary N) is 2. The van der Waals surface area contributed by atoms with E-state index in [0.29, 0.717) is 23.2 Å². The van der Waals surface area contributed by atoms with Gasteiger partial charge >= 0.3 is 0 Å². The maximum atomic E-state index is 12.2. The fourth-order valence-corrected chi connectivity index (χ4v) is 3.78. The Labute approximate surface area is 121 Å². The molecule has 0 aliphatic heterocycles. The summed E-state index contributed by atoms with van der Waals surface area (Å²) in [6, 6.07) is 7.63. The zero-order valence-corrected chi connectivity index (χ0v) is 12.6. The van der Waals surface area contributed by atoms with Gasteiger partial charge in [0.1, 0.15) is 4.90 Å². The monoisotopic (exact) mass is 297 g/mol. The highest BCUT2D eigenvalue weighted by Gasteiger charge is 2.22. The molecule has 1 saturated carbocycles.